The zero-order valence-electron chi connectivity index (χ0n) is 26.8. The molecule has 6 aromatic rings. The van der Waals surface area contributed by atoms with Gasteiger partial charge in [-0.2, -0.15) is 5.10 Å². The highest BCUT2D eigenvalue weighted by Gasteiger charge is 2.28. The first-order valence-electron chi connectivity index (χ1n) is 15.2. The molecule has 0 saturated carbocycles. The highest BCUT2D eigenvalue weighted by Crippen LogP contribution is 2.36. The lowest BCUT2D eigenvalue weighted by Gasteiger charge is -2.22. The van der Waals surface area contributed by atoms with Crippen LogP contribution in [0.25, 0.3) is 27.5 Å². The van der Waals surface area contributed by atoms with Crippen LogP contribution in [0.3, 0.4) is 0 Å². The van der Waals surface area contributed by atoms with E-state index < -0.39 is 50.6 Å². The van der Waals surface area contributed by atoms with Gasteiger partial charge in [0, 0.05) is 19.5 Å². The van der Waals surface area contributed by atoms with E-state index in [9.17, 15) is 31.9 Å². The van der Waals surface area contributed by atoms with Crippen molar-refractivity contribution in [2.75, 3.05) is 17.6 Å². The summed E-state index contributed by atoms with van der Waals surface area (Å²) in [5, 5.41) is 16.1. The van der Waals surface area contributed by atoms with Crippen molar-refractivity contribution in [2.24, 2.45) is 7.05 Å². The minimum absolute atomic E-state index is 0.0201. The number of nitrogens with one attached hydrogen (secondary N) is 2. The summed E-state index contributed by atoms with van der Waals surface area (Å²) in [6.07, 6.45) is -1.77. The first-order chi connectivity index (χ1) is 24.2. The SMILES string of the molecule is COc1ccc(CCS(=O)(=O)Nc2nn(C)c3c(-n4c([C@H](Cc5cc(F)cc(F)c5)NC(=O)O)nc5cccc(F)c5c4=O)ccc(Cl)c23)cc1. The fourth-order valence-corrected chi connectivity index (χ4v) is 7.13. The smallest absolute Gasteiger partial charge is 0.405 e. The maximum absolute atomic E-state index is 15.2. The van der Waals surface area contributed by atoms with Crippen molar-refractivity contribution < 1.29 is 36.2 Å². The molecule has 0 saturated heterocycles. The summed E-state index contributed by atoms with van der Waals surface area (Å²) in [5.41, 5.74) is -0.229. The van der Waals surface area contributed by atoms with E-state index in [2.05, 4.69) is 20.1 Å². The van der Waals surface area contributed by atoms with Crippen LogP contribution in [0.4, 0.5) is 23.8 Å². The normalized spacial score (nSPS) is 12.3. The van der Waals surface area contributed by atoms with E-state index in [4.69, 9.17) is 16.3 Å². The molecule has 0 aliphatic heterocycles. The number of hydrogen-bond donors (Lipinski definition) is 3. The molecule has 264 valence electrons. The second-order valence-electron chi connectivity index (χ2n) is 11.5. The standard InChI is InChI=1S/C34H28ClF3N6O6S/c1-43-30-27(11-10-23(35)28(30)31(41-43)42-51(48,49)13-12-18-6-8-22(50-2)9-7-18)44-32(39-25-5-3-4-24(38)29(25)33(44)45)26(40-34(46)47)16-19-14-20(36)17-21(37)15-19/h3-11,14-15,17,26,40H,12-13,16H2,1-2H3,(H,41,42)(H,46,47)/t26-/m0/s1. The van der Waals surface area contributed by atoms with Crippen LogP contribution in [0.15, 0.2) is 77.6 Å². The van der Waals surface area contributed by atoms with E-state index in [1.165, 1.54) is 43.1 Å². The predicted octanol–water partition coefficient (Wildman–Crippen LogP) is 5.89. The zero-order chi connectivity index (χ0) is 36.6. The van der Waals surface area contributed by atoms with Crippen molar-refractivity contribution in [1.82, 2.24) is 24.6 Å². The molecule has 0 unspecified atom stereocenters. The monoisotopic (exact) mass is 740 g/mol. The Morgan fingerprint density at radius 2 is 1.71 bits per heavy atom. The van der Waals surface area contributed by atoms with E-state index in [0.717, 1.165) is 28.3 Å². The molecule has 2 heterocycles. The topological polar surface area (TPSA) is 157 Å². The molecule has 0 aliphatic carbocycles. The van der Waals surface area contributed by atoms with Crippen LogP contribution in [0, 0.1) is 17.5 Å². The van der Waals surface area contributed by atoms with Gasteiger partial charge in [0.05, 0.1) is 46.0 Å². The van der Waals surface area contributed by atoms with Crippen LogP contribution in [-0.2, 0) is 29.9 Å². The third kappa shape index (κ3) is 7.32. The van der Waals surface area contributed by atoms with Gasteiger partial charge in [0.15, 0.2) is 5.82 Å². The number of aryl methyl sites for hydroxylation is 2. The van der Waals surface area contributed by atoms with Gasteiger partial charge in [-0.25, -0.2) is 31.4 Å². The van der Waals surface area contributed by atoms with Crippen molar-refractivity contribution in [3.63, 3.8) is 0 Å². The van der Waals surface area contributed by atoms with Crippen LogP contribution >= 0.6 is 11.6 Å². The largest absolute Gasteiger partial charge is 0.497 e. The lowest BCUT2D eigenvalue weighted by atomic mass is 10.0. The van der Waals surface area contributed by atoms with E-state index in [1.807, 2.05) is 0 Å². The highest BCUT2D eigenvalue weighted by atomic mass is 35.5. The van der Waals surface area contributed by atoms with Crippen LogP contribution in [-0.4, -0.2) is 51.8 Å². The first-order valence-corrected chi connectivity index (χ1v) is 17.2. The molecule has 0 spiro atoms. The summed E-state index contributed by atoms with van der Waals surface area (Å²) in [7, 11) is -1.05. The van der Waals surface area contributed by atoms with Gasteiger partial charge < -0.3 is 15.2 Å². The number of carboxylic acid groups (broad SMARTS) is 1. The number of methoxy groups -OCH3 is 1. The fourth-order valence-electron chi connectivity index (χ4n) is 5.85. The Morgan fingerprint density at radius 1 is 1.00 bits per heavy atom. The number of anilines is 1. The Balaban J connectivity index is 1.51. The van der Waals surface area contributed by atoms with Crippen molar-refractivity contribution in [3.05, 3.63) is 123 Å². The Kier molecular flexibility index (Phi) is 9.64. The number of nitrogens with zero attached hydrogens (tertiary/aromatic N) is 4. The fraction of sp³-hybridized carbons (Fsp3) is 0.176. The summed E-state index contributed by atoms with van der Waals surface area (Å²) in [6, 6.07) is 14.6. The van der Waals surface area contributed by atoms with Gasteiger partial charge in [-0.05, 0) is 66.1 Å². The molecule has 12 nitrogen and oxygen atoms in total. The number of amides is 1. The molecule has 0 bridgehead atoms. The Hall–Kier alpha value is -5.61. The molecular weight excluding hydrogens is 713 g/mol. The minimum Gasteiger partial charge on any atom is -0.497 e. The molecular formula is C34H28ClF3N6O6S. The first kappa shape index (κ1) is 35.2. The lowest BCUT2D eigenvalue weighted by molar-refractivity contribution is 0.189. The number of carbonyl (C=O) groups is 1. The second-order valence-corrected chi connectivity index (χ2v) is 13.8. The number of benzene rings is 4. The summed E-state index contributed by atoms with van der Waals surface area (Å²) in [5.74, 6) is -2.90. The molecule has 1 amide bonds. The summed E-state index contributed by atoms with van der Waals surface area (Å²) in [6.45, 7) is 0. The maximum Gasteiger partial charge on any atom is 0.405 e. The number of fused-ring (bicyclic) bond motifs is 2. The Bertz CT molecular complexity index is 2470. The highest BCUT2D eigenvalue weighted by molar-refractivity contribution is 7.92. The van der Waals surface area contributed by atoms with Gasteiger partial charge >= 0.3 is 6.09 Å². The van der Waals surface area contributed by atoms with Gasteiger partial charge in [0.25, 0.3) is 5.56 Å². The number of halogens is 4. The van der Waals surface area contributed by atoms with Crippen LogP contribution in [0.2, 0.25) is 5.02 Å². The van der Waals surface area contributed by atoms with Crippen LogP contribution in [0.1, 0.15) is 23.0 Å². The van der Waals surface area contributed by atoms with E-state index in [1.54, 1.807) is 24.3 Å². The van der Waals surface area contributed by atoms with Gasteiger partial charge in [-0.15, -0.1) is 0 Å². The van der Waals surface area contributed by atoms with Crippen molar-refractivity contribution in [3.8, 4) is 11.4 Å². The Labute approximate surface area is 293 Å². The Morgan fingerprint density at radius 3 is 2.37 bits per heavy atom. The zero-order valence-corrected chi connectivity index (χ0v) is 28.4. The van der Waals surface area contributed by atoms with Crippen molar-refractivity contribution in [1.29, 1.82) is 0 Å². The van der Waals surface area contributed by atoms with E-state index in [-0.39, 0.29) is 62.9 Å². The van der Waals surface area contributed by atoms with Gasteiger partial charge in [0.2, 0.25) is 10.0 Å². The summed E-state index contributed by atoms with van der Waals surface area (Å²) >= 11 is 6.61. The molecule has 51 heavy (non-hydrogen) atoms. The second kappa shape index (κ2) is 14.0. The molecule has 6 rings (SSSR count). The quantitative estimate of drug-likeness (QED) is 0.149. The summed E-state index contributed by atoms with van der Waals surface area (Å²) < 4.78 is 79.9. The number of rotatable bonds is 11. The third-order valence-electron chi connectivity index (χ3n) is 8.07. The van der Waals surface area contributed by atoms with Gasteiger partial charge in [0.1, 0.15) is 34.4 Å². The van der Waals surface area contributed by atoms with E-state index >= 15 is 4.39 Å². The average molecular weight is 741 g/mol. The van der Waals surface area contributed by atoms with Gasteiger partial charge in [-0.1, -0.05) is 29.8 Å². The third-order valence-corrected chi connectivity index (χ3v) is 9.63. The molecule has 1 atom stereocenters. The molecule has 17 heteroatoms. The van der Waals surface area contributed by atoms with Gasteiger partial charge in [-0.3, -0.25) is 18.8 Å². The molecule has 0 aliphatic rings. The van der Waals surface area contributed by atoms with Crippen molar-refractivity contribution in [2.45, 2.75) is 18.9 Å². The number of sulfonamides is 1. The predicted molar refractivity (Wildman–Crippen MR) is 185 cm³/mol. The average Bonchev–Trinajstić information content (AvgIpc) is 3.39. The van der Waals surface area contributed by atoms with Crippen LogP contribution in [0.5, 0.6) is 5.75 Å². The van der Waals surface area contributed by atoms with Crippen molar-refractivity contribution >= 4 is 55.3 Å². The molecule has 3 N–H and O–H groups in total. The lowest BCUT2D eigenvalue weighted by Crippen LogP contribution is -2.35. The molecule has 2 aromatic heterocycles. The number of aromatic nitrogens is 4. The number of ether oxygens (including phenoxy) is 1. The molecule has 0 fully saturated rings. The summed E-state index contributed by atoms with van der Waals surface area (Å²) in [4.78, 5) is 30.8. The maximum atomic E-state index is 15.2. The molecule has 0 radical (unpaired) electrons. The van der Waals surface area contributed by atoms with Crippen LogP contribution < -0.4 is 20.3 Å². The number of hydrogen-bond acceptors (Lipinski definition) is 7. The minimum atomic E-state index is -4.02. The van der Waals surface area contributed by atoms with E-state index in [0.29, 0.717) is 11.8 Å². The molecule has 4 aromatic carbocycles.